The predicted molar refractivity (Wildman–Crippen MR) is 108 cm³/mol. The third kappa shape index (κ3) is 3.55. The smallest absolute Gasteiger partial charge is 0.323 e. The molecule has 3 aliphatic rings. The van der Waals surface area contributed by atoms with Crippen molar-refractivity contribution >= 4 is 22.0 Å². The third-order valence-corrected chi connectivity index (χ3v) is 8.43. The number of benzene rings is 1. The van der Waals surface area contributed by atoms with Gasteiger partial charge in [0.25, 0.3) is 5.91 Å². The maximum atomic E-state index is 13.2. The molecule has 4 rings (SSSR count). The number of rotatable bonds is 4. The van der Waals surface area contributed by atoms with E-state index < -0.39 is 15.6 Å². The van der Waals surface area contributed by atoms with E-state index in [0.717, 1.165) is 19.6 Å². The number of carbonyl (C=O) groups excluding carboxylic acids is 2. The number of piperidine rings is 2. The lowest BCUT2D eigenvalue weighted by atomic mass is 9.87. The van der Waals surface area contributed by atoms with Crippen molar-refractivity contribution in [1.29, 1.82) is 0 Å². The Bertz CT molecular complexity index is 873. The molecule has 29 heavy (non-hydrogen) atoms. The van der Waals surface area contributed by atoms with Crippen molar-refractivity contribution in [3.63, 3.8) is 0 Å². The van der Waals surface area contributed by atoms with Crippen molar-refractivity contribution in [3.8, 4) is 0 Å². The summed E-state index contributed by atoms with van der Waals surface area (Å²) in [5, 5.41) is 2.96. The van der Waals surface area contributed by atoms with Crippen LogP contribution in [0.25, 0.3) is 0 Å². The van der Waals surface area contributed by atoms with Crippen LogP contribution in [0, 0.1) is 0 Å². The minimum atomic E-state index is -3.55. The number of hydrogen-bond acceptors (Lipinski definition) is 5. The minimum Gasteiger partial charge on any atom is -0.323 e. The third-order valence-electron chi connectivity index (χ3n) is 6.52. The Morgan fingerprint density at radius 2 is 1.66 bits per heavy atom. The highest BCUT2D eigenvalue weighted by Crippen LogP contribution is 2.33. The van der Waals surface area contributed by atoms with Gasteiger partial charge in [0.15, 0.2) is 0 Å². The highest BCUT2D eigenvalue weighted by molar-refractivity contribution is 7.89. The maximum Gasteiger partial charge on any atom is 0.325 e. The topological polar surface area (TPSA) is 90.0 Å². The van der Waals surface area contributed by atoms with E-state index in [4.69, 9.17) is 0 Å². The molecule has 0 radical (unpaired) electrons. The van der Waals surface area contributed by atoms with Crippen molar-refractivity contribution in [3.05, 3.63) is 30.3 Å². The average Bonchev–Trinajstić information content (AvgIpc) is 2.98. The Morgan fingerprint density at radius 3 is 2.24 bits per heavy atom. The van der Waals surface area contributed by atoms with E-state index >= 15 is 0 Å². The van der Waals surface area contributed by atoms with E-state index in [-0.39, 0.29) is 22.9 Å². The number of urea groups is 1. The number of hydrogen-bond donors (Lipinski definition) is 1. The molecule has 3 aliphatic heterocycles. The number of nitrogens with one attached hydrogen (secondary N) is 1. The molecule has 1 aromatic rings. The van der Waals surface area contributed by atoms with Gasteiger partial charge in [0, 0.05) is 32.2 Å². The van der Waals surface area contributed by atoms with Crippen LogP contribution in [-0.4, -0.2) is 78.8 Å². The zero-order valence-corrected chi connectivity index (χ0v) is 17.5. The fourth-order valence-corrected chi connectivity index (χ4v) is 6.14. The molecule has 3 fully saturated rings. The summed E-state index contributed by atoms with van der Waals surface area (Å²) in [6.07, 6.45) is 2.18. The van der Waals surface area contributed by atoms with E-state index in [1.165, 1.54) is 9.21 Å². The Labute approximate surface area is 171 Å². The molecular weight excluding hydrogens is 392 g/mol. The number of nitrogens with zero attached hydrogens (tertiary/aromatic N) is 3. The van der Waals surface area contributed by atoms with Crippen molar-refractivity contribution < 1.29 is 18.0 Å². The second-order valence-corrected chi connectivity index (χ2v) is 10.0. The molecule has 0 atom stereocenters. The summed E-state index contributed by atoms with van der Waals surface area (Å²) in [6.45, 7) is 5.23. The zero-order valence-electron chi connectivity index (χ0n) is 16.7. The van der Waals surface area contributed by atoms with Crippen LogP contribution < -0.4 is 5.32 Å². The highest BCUT2D eigenvalue weighted by atomic mass is 32.2. The van der Waals surface area contributed by atoms with Crippen molar-refractivity contribution in [1.82, 2.24) is 19.4 Å². The van der Waals surface area contributed by atoms with Gasteiger partial charge in [-0.25, -0.2) is 13.2 Å². The van der Waals surface area contributed by atoms with Gasteiger partial charge in [0.2, 0.25) is 10.0 Å². The molecule has 0 aliphatic carbocycles. The standard InChI is InChI=1S/C20H28N4O4S/c1-2-22-14-10-20(11-15-22)18(25)24(19(26)21-20)16-8-12-23(13-9-16)29(27,28)17-6-4-3-5-7-17/h3-7,16H,2,8-15H2,1H3,(H,21,26). The summed E-state index contributed by atoms with van der Waals surface area (Å²) < 4.78 is 27.1. The lowest BCUT2D eigenvalue weighted by Crippen LogP contribution is -2.55. The first-order valence-corrected chi connectivity index (χ1v) is 11.7. The van der Waals surface area contributed by atoms with E-state index in [2.05, 4.69) is 17.1 Å². The summed E-state index contributed by atoms with van der Waals surface area (Å²) in [7, 11) is -3.55. The van der Waals surface area contributed by atoms with Gasteiger partial charge < -0.3 is 10.2 Å². The normalized spacial score (nSPS) is 24.2. The van der Waals surface area contributed by atoms with Crippen LogP contribution in [-0.2, 0) is 14.8 Å². The van der Waals surface area contributed by atoms with Crippen LogP contribution in [0.2, 0.25) is 0 Å². The first-order valence-electron chi connectivity index (χ1n) is 10.3. The van der Waals surface area contributed by atoms with Crippen LogP contribution in [0.1, 0.15) is 32.6 Å². The van der Waals surface area contributed by atoms with Gasteiger partial charge in [-0.15, -0.1) is 0 Å². The summed E-state index contributed by atoms with van der Waals surface area (Å²) >= 11 is 0. The Hall–Kier alpha value is -1.97. The molecule has 1 N–H and O–H groups in total. The summed E-state index contributed by atoms with van der Waals surface area (Å²) in [4.78, 5) is 29.8. The number of carbonyl (C=O) groups is 2. The van der Waals surface area contributed by atoms with Crippen molar-refractivity contribution in [2.24, 2.45) is 0 Å². The fraction of sp³-hybridized carbons (Fsp3) is 0.600. The molecule has 1 spiro atoms. The van der Waals surface area contributed by atoms with E-state index in [1.807, 2.05) is 0 Å². The van der Waals surface area contributed by atoms with Crippen LogP contribution in [0.4, 0.5) is 4.79 Å². The first kappa shape index (κ1) is 20.3. The highest BCUT2D eigenvalue weighted by Gasteiger charge is 2.54. The van der Waals surface area contributed by atoms with E-state index in [0.29, 0.717) is 38.8 Å². The molecular formula is C20H28N4O4S. The van der Waals surface area contributed by atoms with Crippen LogP contribution in [0.5, 0.6) is 0 Å². The fourth-order valence-electron chi connectivity index (χ4n) is 4.64. The molecule has 158 valence electrons. The molecule has 3 saturated heterocycles. The number of sulfonamides is 1. The molecule has 8 nitrogen and oxygen atoms in total. The van der Waals surface area contributed by atoms with Crippen molar-refractivity contribution in [2.75, 3.05) is 32.7 Å². The first-order chi connectivity index (χ1) is 13.9. The maximum absolute atomic E-state index is 13.2. The predicted octanol–water partition coefficient (Wildman–Crippen LogP) is 1.25. The van der Waals surface area contributed by atoms with E-state index in [1.54, 1.807) is 30.3 Å². The SMILES string of the molecule is CCN1CCC2(CC1)NC(=O)N(C1CCN(S(=O)(=O)c3ccccc3)CC1)C2=O. The number of amides is 3. The monoisotopic (exact) mass is 420 g/mol. The van der Waals surface area contributed by atoms with Crippen LogP contribution in [0.3, 0.4) is 0 Å². The lowest BCUT2D eigenvalue weighted by molar-refractivity contribution is -0.135. The van der Waals surface area contributed by atoms with Gasteiger partial charge in [0.05, 0.1) is 4.90 Å². The zero-order chi connectivity index (χ0) is 20.6. The molecule has 3 amide bonds. The number of imide groups is 1. The van der Waals surface area contributed by atoms with Gasteiger partial charge >= 0.3 is 6.03 Å². The minimum absolute atomic E-state index is 0.136. The van der Waals surface area contributed by atoms with Gasteiger partial charge in [-0.05, 0) is 44.4 Å². The van der Waals surface area contributed by atoms with Crippen LogP contribution in [0.15, 0.2) is 35.2 Å². The Balaban J connectivity index is 1.42. The van der Waals surface area contributed by atoms with E-state index in [9.17, 15) is 18.0 Å². The second kappa shape index (κ2) is 7.70. The molecule has 3 heterocycles. The second-order valence-electron chi connectivity index (χ2n) is 8.07. The van der Waals surface area contributed by atoms with Gasteiger partial charge in [-0.2, -0.15) is 4.31 Å². The molecule has 0 aromatic heterocycles. The average molecular weight is 421 g/mol. The van der Waals surface area contributed by atoms with Gasteiger partial charge in [-0.1, -0.05) is 25.1 Å². The molecule has 0 bridgehead atoms. The molecule has 0 unspecified atom stereocenters. The van der Waals surface area contributed by atoms with Crippen molar-refractivity contribution in [2.45, 2.75) is 49.1 Å². The largest absolute Gasteiger partial charge is 0.325 e. The summed E-state index contributed by atoms with van der Waals surface area (Å²) in [6, 6.07) is 7.78. The van der Waals surface area contributed by atoms with Gasteiger partial charge in [0.1, 0.15) is 5.54 Å². The summed E-state index contributed by atoms with van der Waals surface area (Å²) in [5.74, 6) is -0.136. The quantitative estimate of drug-likeness (QED) is 0.741. The van der Waals surface area contributed by atoms with Gasteiger partial charge in [-0.3, -0.25) is 9.69 Å². The Morgan fingerprint density at radius 1 is 1.03 bits per heavy atom. The Kier molecular flexibility index (Phi) is 5.39. The van der Waals surface area contributed by atoms with Crippen LogP contribution >= 0.6 is 0 Å². The molecule has 9 heteroatoms. The summed E-state index contributed by atoms with van der Waals surface area (Å²) in [5.41, 5.74) is -0.782. The lowest BCUT2D eigenvalue weighted by Gasteiger charge is -2.38. The molecule has 0 saturated carbocycles. The number of likely N-dealkylation sites (tertiary alicyclic amines) is 1. The molecule has 1 aromatic carbocycles.